The predicted octanol–water partition coefficient (Wildman–Crippen LogP) is 2.83. The molecule has 1 aromatic heterocycles. The second-order valence-corrected chi connectivity index (χ2v) is 4.76. The molecule has 0 aliphatic rings. The molecule has 0 fully saturated rings. The predicted molar refractivity (Wildman–Crippen MR) is 75.9 cm³/mol. The number of unbranched alkanes of at least 4 members (excludes halogenated alkanes) is 4. The van der Waals surface area contributed by atoms with E-state index in [1.165, 1.54) is 37.4 Å². The van der Waals surface area contributed by atoms with Crippen LogP contribution in [-0.2, 0) is 0 Å². The summed E-state index contributed by atoms with van der Waals surface area (Å²) in [4.78, 5) is 8.44. The van der Waals surface area contributed by atoms with Crippen molar-refractivity contribution in [3.8, 4) is 5.88 Å². The van der Waals surface area contributed by atoms with Crippen molar-refractivity contribution in [1.82, 2.24) is 9.97 Å². The Balaban J connectivity index is 2.36. The van der Waals surface area contributed by atoms with Gasteiger partial charge in [0.1, 0.15) is 5.82 Å². The van der Waals surface area contributed by atoms with Gasteiger partial charge in [-0.3, -0.25) is 0 Å². The number of anilines is 1. The van der Waals surface area contributed by atoms with E-state index in [4.69, 9.17) is 10.6 Å². The zero-order valence-electron chi connectivity index (χ0n) is 11.1. The Labute approximate surface area is 113 Å². The molecule has 0 atom stereocenters. The molecule has 1 aromatic rings. The third-order valence-electron chi connectivity index (χ3n) is 2.51. The number of nitrogens with one attached hydrogen (secondary N) is 1. The van der Waals surface area contributed by atoms with Crippen LogP contribution in [-0.4, -0.2) is 22.8 Å². The fraction of sp³-hybridized carbons (Fsp3) is 0.667. The number of hydrogen-bond acceptors (Lipinski definition) is 6. The molecule has 0 amide bonds. The molecule has 0 aromatic carbocycles. The highest BCUT2D eigenvalue weighted by Crippen LogP contribution is 2.18. The van der Waals surface area contributed by atoms with Gasteiger partial charge in [-0.2, -0.15) is 4.98 Å². The van der Waals surface area contributed by atoms with Crippen LogP contribution in [0, 0.1) is 0 Å². The fourth-order valence-corrected chi connectivity index (χ4v) is 1.90. The lowest BCUT2D eigenvalue weighted by atomic mass is 10.2. The Morgan fingerprint density at radius 2 is 2.06 bits per heavy atom. The largest absolute Gasteiger partial charge is 0.478 e. The number of nitrogens with two attached hydrogens (primary N) is 1. The minimum atomic E-state index is 0.579. The van der Waals surface area contributed by atoms with Gasteiger partial charge in [0, 0.05) is 6.07 Å². The van der Waals surface area contributed by atoms with Gasteiger partial charge in [-0.25, -0.2) is 10.8 Å². The molecule has 0 radical (unpaired) electrons. The molecule has 6 heteroatoms. The zero-order chi connectivity index (χ0) is 13.2. The highest BCUT2D eigenvalue weighted by atomic mass is 32.2. The monoisotopic (exact) mass is 270 g/mol. The number of ether oxygens (including phenoxy) is 1. The van der Waals surface area contributed by atoms with E-state index in [2.05, 4.69) is 22.3 Å². The second kappa shape index (κ2) is 8.99. The minimum Gasteiger partial charge on any atom is -0.478 e. The van der Waals surface area contributed by atoms with E-state index in [9.17, 15) is 0 Å². The van der Waals surface area contributed by atoms with Crippen molar-refractivity contribution in [1.29, 1.82) is 0 Å². The summed E-state index contributed by atoms with van der Waals surface area (Å²) in [5.41, 5.74) is 2.52. The molecule has 3 N–H and O–H groups in total. The molecule has 1 heterocycles. The van der Waals surface area contributed by atoms with Crippen molar-refractivity contribution in [3.63, 3.8) is 0 Å². The van der Waals surface area contributed by atoms with Crippen molar-refractivity contribution in [3.05, 3.63) is 6.07 Å². The molecular weight excluding hydrogens is 248 g/mol. The lowest BCUT2D eigenvalue weighted by molar-refractivity contribution is 0.290. The van der Waals surface area contributed by atoms with Gasteiger partial charge in [-0.05, 0) is 12.7 Å². The molecule has 18 heavy (non-hydrogen) atoms. The fourth-order valence-electron chi connectivity index (χ4n) is 1.53. The minimum absolute atomic E-state index is 0.579. The lowest BCUT2D eigenvalue weighted by Gasteiger charge is -2.08. The standard InChI is InChI=1S/C12H22N4OS/c1-3-4-5-6-7-8-17-11-9-10(16-13)14-12(15-11)18-2/h9H,3-8,13H2,1-2H3,(H,14,15,16). The van der Waals surface area contributed by atoms with E-state index in [0.717, 1.165) is 6.42 Å². The smallest absolute Gasteiger partial charge is 0.219 e. The van der Waals surface area contributed by atoms with E-state index < -0.39 is 0 Å². The first kappa shape index (κ1) is 15.0. The Kier molecular flexibility index (Phi) is 7.52. The van der Waals surface area contributed by atoms with Gasteiger partial charge in [0.2, 0.25) is 5.88 Å². The van der Waals surface area contributed by atoms with Gasteiger partial charge in [-0.1, -0.05) is 44.4 Å². The normalized spacial score (nSPS) is 10.4. The van der Waals surface area contributed by atoms with Crippen LogP contribution in [0.5, 0.6) is 5.88 Å². The summed E-state index contributed by atoms with van der Waals surface area (Å²) in [6.07, 6.45) is 8.01. The number of thioether (sulfide) groups is 1. The molecule has 0 aliphatic heterocycles. The summed E-state index contributed by atoms with van der Waals surface area (Å²) in [5, 5.41) is 0.659. The summed E-state index contributed by atoms with van der Waals surface area (Å²) in [7, 11) is 0. The number of hydrazine groups is 1. The maximum Gasteiger partial charge on any atom is 0.219 e. The first-order valence-electron chi connectivity index (χ1n) is 6.32. The van der Waals surface area contributed by atoms with Crippen molar-refractivity contribution < 1.29 is 4.74 Å². The topological polar surface area (TPSA) is 73.1 Å². The van der Waals surface area contributed by atoms with Crippen LogP contribution >= 0.6 is 11.8 Å². The molecule has 0 saturated carbocycles. The first-order chi connectivity index (χ1) is 8.80. The highest BCUT2D eigenvalue weighted by molar-refractivity contribution is 7.98. The Morgan fingerprint density at radius 1 is 1.28 bits per heavy atom. The van der Waals surface area contributed by atoms with Gasteiger partial charge in [0.25, 0.3) is 0 Å². The van der Waals surface area contributed by atoms with Gasteiger partial charge < -0.3 is 10.2 Å². The average Bonchev–Trinajstić information content (AvgIpc) is 2.42. The summed E-state index contributed by atoms with van der Waals surface area (Å²) < 4.78 is 5.61. The SMILES string of the molecule is CCCCCCCOc1cc(NN)nc(SC)n1. The third-order valence-corrected chi connectivity index (χ3v) is 3.06. The van der Waals surface area contributed by atoms with Crippen LogP contribution in [0.25, 0.3) is 0 Å². The van der Waals surface area contributed by atoms with Crippen molar-refractivity contribution in [2.75, 3.05) is 18.3 Å². The summed E-state index contributed by atoms with van der Waals surface area (Å²) >= 11 is 1.47. The number of rotatable bonds is 9. The summed E-state index contributed by atoms with van der Waals surface area (Å²) in [5.74, 6) is 6.51. The maximum atomic E-state index is 5.61. The number of hydrogen-bond donors (Lipinski definition) is 2. The molecular formula is C12H22N4OS. The lowest BCUT2D eigenvalue weighted by Crippen LogP contribution is -2.10. The van der Waals surface area contributed by atoms with Gasteiger partial charge in [0.15, 0.2) is 5.16 Å². The average molecular weight is 270 g/mol. The van der Waals surface area contributed by atoms with Crippen LogP contribution < -0.4 is 16.0 Å². The Bertz CT molecular complexity index is 327. The number of nitrogen functional groups attached to an aromatic ring is 1. The summed E-state index contributed by atoms with van der Waals surface area (Å²) in [6.45, 7) is 2.90. The molecule has 0 spiro atoms. The van der Waals surface area contributed by atoms with Crippen molar-refractivity contribution in [2.24, 2.45) is 5.84 Å². The van der Waals surface area contributed by atoms with E-state index in [1.54, 1.807) is 6.07 Å². The van der Waals surface area contributed by atoms with Crippen LogP contribution in [0.15, 0.2) is 11.2 Å². The van der Waals surface area contributed by atoms with Crippen LogP contribution in [0.1, 0.15) is 39.0 Å². The van der Waals surface area contributed by atoms with Crippen LogP contribution in [0.2, 0.25) is 0 Å². The quantitative estimate of drug-likeness (QED) is 0.236. The van der Waals surface area contributed by atoms with Gasteiger partial charge >= 0.3 is 0 Å². The molecule has 102 valence electrons. The van der Waals surface area contributed by atoms with E-state index >= 15 is 0 Å². The van der Waals surface area contributed by atoms with E-state index in [0.29, 0.717) is 23.5 Å². The zero-order valence-corrected chi connectivity index (χ0v) is 11.9. The van der Waals surface area contributed by atoms with E-state index in [1.807, 2.05) is 6.26 Å². The Hall–Kier alpha value is -1.01. The third kappa shape index (κ3) is 5.55. The van der Waals surface area contributed by atoms with Gasteiger partial charge in [0.05, 0.1) is 6.61 Å². The molecule has 0 unspecified atom stereocenters. The van der Waals surface area contributed by atoms with Crippen molar-refractivity contribution in [2.45, 2.75) is 44.2 Å². The number of aromatic nitrogens is 2. The summed E-state index contributed by atoms with van der Waals surface area (Å²) in [6, 6.07) is 1.71. The first-order valence-corrected chi connectivity index (χ1v) is 7.55. The second-order valence-electron chi connectivity index (χ2n) is 3.99. The van der Waals surface area contributed by atoms with E-state index in [-0.39, 0.29) is 0 Å². The van der Waals surface area contributed by atoms with Crippen molar-refractivity contribution >= 4 is 17.6 Å². The molecule has 0 saturated heterocycles. The Morgan fingerprint density at radius 3 is 2.72 bits per heavy atom. The molecule has 1 rings (SSSR count). The molecule has 5 nitrogen and oxygen atoms in total. The van der Waals surface area contributed by atoms with Gasteiger partial charge in [-0.15, -0.1) is 0 Å². The molecule has 0 bridgehead atoms. The maximum absolute atomic E-state index is 5.61. The van der Waals surface area contributed by atoms with Crippen LogP contribution in [0.4, 0.5) is 5.82 Å². The molecule has 0 aliphatic carbocycles. The number of nitrogens with zero attached hydrogens (tertiary/aromatic N) is 2. The van der Waals surface area contributed by atoms with Crippen LogP contribution in [0.3, 0.4) is 0 Å². The highest BCUT2D eigenvalue weighted by Gasteiger charge is 2.03.